The monoisotopic (exact) mass is 358 g/mol. The van der Waals surface area contributed by atoms with Gasteiger partial charge in [-0.05, 0) is 36.8 Å². The minimum atomic E-state index is -0.316. The van der Waals surface area contributed by atoms with Crippen LogP contribution in [0.2, 0.25) is 0 Å². The van der Waals surface area contributed by atoms with Crippen LogP contribution in [0.4, 0.5) is 5.69 Å². The van der Waals surface area contributed by atoms with E-state index in [2.05, 4.69) is 10.6 Å². The summed E-state index contributed by atoms with van der Waals surface area (Å²) in [6, 6.07) is 8.72. The number of hydrogen-bond donors (Lipinski definition) is 2. The lowest BCUT2D eigenvalue weighted by molar-refractivity contribution is -0.116. The number of carbonyl (C=O) groups excluding carboxylic acids is 2. The van der Waals surface area contributed by atoms with Gasteiger partial charge in [0.2, 0.25) is 0 Å². The van der Waals surface area contributed by atoms with Gasteiger partial charge in [-0.25, -0.2) is 0 Å². The van der Waals surface area contributed by atoms with Crippen molar-refractivity contribution < 1.29 is 18.7 Å². The van der Waals surface area contributed by atoms with E-state index in [0.717, 1.165) is 11.3 Å². The molecule has 130 valence electrons. The molecule has 0 radical (unpaired) electrons. The van der Waals surface area contributed by atoms with Crippen LogP contribution in [0.1, 0.15) is 21.7 Å². The number of furan rings is 1. The summed E-state index contributed by atoms with van der Waals surface area (Å²) in [6.45, 7) is 2.68. The van der Waals surface area contributed by atoms with Gasteiger partial charge < -0.3 is 19.8 Å². The number of aryl methyl sites for hydroxylation is 1. The van der Waals surface area contributed by atoms with Crippen molar-refractivity contribution in [2.24, 2.45) is 0 Å². The van der Waals surface area contributed by atoms with Crippen LogP contribution < -0.4 is 10.6 Å². The van der Waals surface area contributed by atoms with Gasteiger partial charge in [-0.1, -0.05) is 6.07 Å². The van der Waals surface area contributed by atoms with E-state index in [1.54, 1.807) is 42.0 Å². The standard InChI is InChI=1S/C18H18N2O4S/c1-12-4-5-13(17(21)19-10-14-3-2-6-23-14)9-15(12)20-18(22)16-11-25-8-7-24-16/h2-6,9,11H,7-8,10H2,1H3,(H,19,21)(H,20,22). The maximum absolute atomic E-state index is 12.3. The molecule has 3 rings (SSSR count). The van der Waals surface area contributed by atoms with Gasteiger partial charge in [0.05, 0.1) is 19.4 Å². The van der Waals surface area contributed by atoms with Gasteiger partial charge in [-0.15, -0.1) is 11.8 Å². The molecule has 2 amide bonds. The summed E-state index contributed by atoms with van der Waals surface area (Å²) in [7, 11) is 0. The molecule has 1 aromatic carbocycles. The molecule has 0 atom stereocenters. The van der Waals surface area contributed by atoms with E-state index in [1.165, 1.54) is 11.8 Å². The molecular formula is C18H18N2O4S. The van der Waals surface area contributed by atoms with Crippen molar-refractivity contribution >= 4 is 29.3 Å². The number of anilines is 1. The lowest BCUT2D eigenvalue weighted by Gasteiger charge is -2.15. The molecule has 0 saturated carbocycles. The van der Waals surface area contributed by atoms with Gasteiger partial charge in [0.25, 0.3) is 11.8 Å². The third-order valence-electron chi connectivity index (χ3n) is 3.62. The van der Waals surface area contributed by atoms with Crippen molar-refractivity contribution in [2.75, 3.05) is 17.7 Å². The highest BCUT2D eigenvalue weighted by Gasteiger charge is 2.16. The van der Waals surface area contributed by atoms with E-state index < -0.39 is 0 Å². The van der Waals surface area contributed by atoms with E-state index in [-0.39, 0.29) is 11.8 Å². The fourth-order valence-electron chi connectivity index (χ4n) is 2.25. The van der Waals surface area contributed by atoms with Gasteiger partial charge in [-0.2, -0.15) is 0 Å². The molecule has 0 aliphatic carbocycles. The maximum atomic E-state index is 12.3. The van der Waals surface area contributed by atoms with Crippen LogP contribution in [0.15, 0.2) is 52.2 Å². The first-order valence-corrected chi connectivity index (χ1v) is 8.85. The fraction of sp³-hybridized carbons (Fsp3) is 0.222. The quantitative estimate of drug-likeness (QED) is 0.859. The molecule has 2 N–H and O–H groups in total. The van der Waals surface area contributed by atoms with Crippen LogP contribution in [0.3, 0.4) is 0 Å². The second-order valence-electron chi connectivity index (χ2n) is 5.45. The summed E-state index contributed by atoms with van der Waals surface area (Å²) < 4.78 is 10.5. The number of thioether (sulfide) groups is 1. The zero-order valence-corrected chi connectivity index (χ0v) is 14.5. The van der Waals surface area contributed by atoms with Crippen molar-refractivity contribution in [3.63, 3.8) is 0 Å². The van der Waals surface area contributed by atoms with Gasteiger partial charge in [0.15, 0.2) is 5.76 Å². The fourth-order valence-corrected chi connectivity index (χ4v) is 2.88. The molecule has 2 heterocycles. The van der Waals surface area contributed by atoms with Crippen LogP contribution >= 0.6 is 11.8 Å². The molecule has 0 fully saturated rings. The molecule has 2 aromatic rings. The van der Waals surface area contributed by atoms with Crippen molar-refractivity contribution in [1.82, 2.24) is 5.32 Å². The maximum Gasteiger partial charge on any atom is 0.291 e. The van der Waals surface area contributed by atoms with Crippen LogP contribution in [-0.2, 0) is 16.1 Å². The number of amides is 2. The van der Waals surface area contributed by atoms with Crippen molar-refractivity contribution in [1.29, 1.82) is 0 Å². The topological polar surface area (TPSA) is 80.6 Å². The summed E-state index contributed by atoms with van der Waals surface area (Å²) in [6.07, 6.45) is 1.56. The van der Waals surface area contributed by atoms with Gasteiger partial charge >= 0.3 is 0 Å². The first-order chi connectivity index (χ1) is 12.1. The Labute approximate surface area is 149 Å². The van der Waals surface area contributed by atoms with Gasteiger partial charge in [0, 0.05) is 22.4 Å². The minimum absolute atomic E-state index is 0.240. The number of carbonyl (C=O) groups is 2. The summed E-state index contributed by atoms with van der Waals surface area (Å²) >= 11 is 1.54. The summed E-state index contributed by atoms with van der Waals surface area (Å²) in [5.41, 5.74) is 1.90. The number of nitrogens with one attached hydrogen (secondary N) is 2. The van der Waals surface area contributed by atoms with E-state index >= 15 is 0 Å². The minimum Gasteiger partial charge on any atom is -0.487 e. The van der Waals surface area contributed by atoms with E-state index in [4.69, 9.17) is 9.15 Å². The average molecular weight is 358 g/mol. The normalized spacial score (nSPS) is 13.6. The molecule has 0 unspecified atom stereocenters. The largest absolute Gasteiger partial charge is 0.487 e. The zero-order valence-electron chi connectivity index (χ0n) is 13.7. The Bertz CT molecular complexity index is 799. The molecule has 0 saturated heterocycles. The Balaban J connectivity index is 1.68. The van der Waals surface area contributed by atoms with Crippen molar-refractivity contribution in [2.45, 2.75) is 13.5 Å². The Hall–Kier alpha value is -2.67. The number of hydrogen-bond acceptors (Lipinski definition) is 5. The van der Waals surface area contributed by atoms with E-state index in [1.807, 2.05) is 6.92 Å². The van der Waals surface area contributed by atoms with Gasteiger partial charge in [-0.3, -0.25) is 9.59 Å². The highest BCUT2D eigenvalue weighted by molar-refractivity contribution is 8.02. The molecule has 25 heavy (non-hydrogen) atoms. The molecule has 7 heteroatoms. The Morgan fingerprint density at radius 2 is 2.12 bits per heavy atom. The molecule has 0 spiro atoms. The first-order valence-electron chi connectivity index (χ1n) is 7.80. The summed E-state index contributed by atoms with van der Waals surface area (Å²) in [4.78, 5) is 24.5. The van der Waals surface area contributed by atoms with Crippen LogP contribution in [-0.4, -0.2) is 24.2 Å². The summed E-state index contributed by atoms with van der Waals surface area (Å²) in [5.74, 6) is 1.25. The second-order valence-corrected chi connectivity index (χ2v) is 6.42. The van der Waals surface area contributed by atoms with Crippen molar-refractivity contribution in [3.8, 4) is 0 Å². The lowest BCUT2D eigenvalue weighted by atomic mass is 10.1. The highest BCUT2D eigenvalue weighted by atomic mass is 32.2. The third-order valence-corrected chi connectivity index (χ3v) is 4.41. The predicted molar refractivity (Wildman–Crippen MR) is 96.2 cm³/mol. The summed E-state index contributed by atoms with van der Waals surface area (Å²) in [5, 5.41) is 7.28. The number of ether oxygens (including phenoxy) is 1. The second kappa shape index (κ2) is 7.94. The number of rotatable bonds is 5. The molecule has 1 aliphatic heterocycles. The van der Waals surface area contributed by atoms with Crippen LogP contribution in [0, 0.1) is 6.92 Å². The predicted octanol–water partition coefficient (Wildman–Crippen LogP) is 3.06. The number of benzene rings is 1. The average Bonchev–Trinajstić information content (AvgIpc) is 3.16. The molecule has 1 aliphatic rings. The third kappa shape index (κ3) is 4.45. The van der Waals surface area contributed by atoms with Crippen LogP contribution in [0.25, 0.3) is 0 Å². The van der Waals surface area contributed by atoms with Gasteiger partial charge in [0.1, 0.15) is 5.76 Å². The first kappa shape index (κ1) is 17.2. The Morgan fingerprint density at radius 1 is 1.24 bits per heavy atom. The Morgan fingerprint density at radius 3 is 2.84 bits per heavy atom. The van der Waals surface area contributed by atoms with E-state index in [9.17, 15) is 9.59 Å². The van der Waals surface area contributed by atoms with Crippen molar-refractivity contribution in [3.05, 3.63) is 64.6 Å². The smallest absolute Gasteiger partial charge is 0.291 e. The molecule has 6 nitrogen and oxygen atoms in total. The highest BCUT2D eigenvalue weighted by Crippen LogP contribution is 2.20. The van der Waals surface area contributed by atoms with Crippen LogP contribution in [0.5, 0.6) is 0 Å². The molecular weight excluding hydrogens is 340 g/mol. The SMILES string of the molecule is Cc1ccc(C(=O)NCc2ccco2)cc1NC(=O)C1=CSCCO1. The molecule has 0 bridgehead atoms. The lowest BCUT2D eigenvalue weighted by Crippen LogP contribution is -2.23. The van der Waals surface area contributed by atoms with E-state index in [0.29, 0.717) is 35.9 Å². The molecule has 1 aromatic heterocycles. The Kier molecular flexibility index (Phi) is 5.45. The zero-order chi connectivity index (χ0) is 17.6.